The summed E-state index contributed by atoms with van der Waals surface area (Å²) in [5, 5.41) is 12.7. The number of aliphatic carboxylic acids is 1. The highest BCUT2D eigenvalue weighted by Gasteiger charge is 2.12. The molecule has 6 nitrogen and oxygen atoms in total. The van der Waals surface area contributed by atoms with Crippen LogP contribution in [0, 0.1) is 0 Å². The molecule has 0 heterocycles. The van der Waals surface area contributed by atoms with Gasteiger partial charge in [-0.3, -0.25) is 4.79 Å². The largest absolute Gasteiger partial charge is 0.493 e. The van der Waals surface area contributed by atoms with Crippen LogP contribution in [0.3, 0.4) is 0 Å². The van der Waals surface area contributed by atoms with E-state index in [1.807, 2.05) is 0 Å². The van der Waals surface area contributed by atoms with Crippen molar-refractivity contribution >= 4 is 34.7 Å². The van der Waals surface area contributed by atoms with Crippen molar-refractivity contribution in [1.29, 1.82) is 0 Å². The number of rotatable bonds is 7. The number of benzene rings is 3. The molecule has 0 atom stereocenters. The van der Waals surface area contributed by atoms with Crippen molar-refractivity contribution in [3.63, 3.8) is 0 Å². The fourth-order valence-corrected chi connectivity index (χ4v) is 3.12. The smallest absolute Gasteiger partial charge is 0.328 e. The molecule has 0 aliphatic carbocycles. The van der Waals surface area contributed by atoms with Gasteiger partial charge in [-0.2, -0.15) is 0 Å². The lowest BCUT2D eigenvalue weighted by Gasteiger charge is -2.13. The topological polar surface area (TPSA) is 84.9 Å². The van der Waals surface area contributed by atoms with Gasteiger partial charge in [0.05, 0.1) is 14.2 Å². The molecule has 0 saturated heterocycles. The predicted octanol–water partition coefficient (Wildman–Crippen LogP) is 5.13. The fourth-order valence-electron chi connectivity index (χ4n) is 3.00. The summed E-state index contributed by atoms with van der Waals surface area (Å²) >= 11 is 5.85. The van der Waals surface area contributed by atoms with Crippen LogP contribution in [-0.2, 0) is 4.79 Å². The zero-order valence-corrected chi connectivity index (χ0v) is 17.6. The molecular weight excluding hydrogens is 418 g/mol. The van der Waals surface area contributed by atoms with E-state index in [1.165, 1.54) is 14.2 Å². The lowest BCUT2D eigenvalue weighted by molar-refractivity contribution is -0.131. The van der Waals surface area contributed by atoms with Gasteiger partial charge < -0.3 is 19.9 Å². The van der Waals surface area contributed by atoms with E-state index in [0.717, 1.165) is 6.08 Å². The van der Waals surface area contributed by atoms with E-state index in [1.54, 1.807) is 66.7 Å². The van der Waals surface area contributed by atoms with E-state index in [9.17, 15) is 14.7 Å². The number of carbonyl (C=O) groups is 2. The van der Waals surface area contributed by atoms with Crippen LogP contribution in [0.1, 0.15) is 21.5 Å². The van der Waals surface area contributed by atoms with Crippen molar-refractivity contribution in [2.75, 3.05) is 19.5 Å². The summed E-state index contributed by atoms with van der Waals surface area (Å²) in [5.74, 6) is -0.320. The van der Waals surface area contributed by atoms with E-state index in [0.29, 0.717) is 44.5 Å². The van der Waals surface area contributed by atoms with Gasteiger partial charge in [0.1, 0.15) is 0 Å². The average molecular weight is 438 g/mol. The number of carbonyl (C=O) groups excluding carboxylic acids is 1. The Bertz CT molecular complexity index is 1120. The SMILES string of the molecule is COc1ccc(C(=CC(=O)O)c2ccc(NC(=O)c3ccc(Cl)cc3)cc2)cc1OC. The Kier molecular flexibility index (Phi) is 6.95. The standard InChI is InChI=1S/C24H20ClNO5/c1-30-21-12-7-17(13-22(21)31-2)20(14-23(27)28)15-5-10-19(11-6-15)26-24(29)16-3-8-18(25)9-4-16/h3-14H,1-2H3,(H,26,29)(H,27,28). The molecule has 0 saturated carbocycles. The van der Waals surface area contributed by atoms with E-state index in [4.69, 9.17) is 21.1 Å². The normalized spacial score (nSPS) is 11.0. The molecule has 2 N–H and O–H groups in total. The van der Waals surface area contributed by atoms with Gasteiger partial charge in [-0.05, 0) is 65.2 Å². The average Bonchev–Trinajstić information content (AvgIpc) is 2.78. The molecule has 3 aromatic rings. The van der Waals surface area contributed by atoms with Crippen molar-refractivity contribution in [3.8, 4) is 11.5 Å². The molecule has 0 spiro atoms. The van der Waals surface area contributed by atoms with Gasteiger partial charge in [0, 0.05) is 22.3 Å². The molecule has 1 amide bonds. The van der Waals surface area contributed by atoms with E-state index in [2.05, 4.69) is 5.32 Å². The maximum atomic E-state index is 12.4. The Balaban J connectivity index is 1.87. The summed E-state index contributed by atoms with van der Waals surface area (Å²) in [7, 11) is 3.04. The van der Waals surface area contributed by atoms with Crippen LogP contribution in [0.2, 0.25) is 5.02 Å². The number of nitrogens with one attached hydrogen (secondary N) is 1. The number of amides is 1. The lowest BCUT2D eigenvalue weighted by atomic mass is 9.97. The molecule has 0 fully saturated rings. The first kappa shape index (κ1) is 21.9. The summed E-state index contributed by atoms with van der Waals surface area (Å²) in [6, 6.07) is 18.6. The van der Waals surface area contributed by atoms with Crippen molar-refractivity contribution in [3.05, 3.63) is 94.5 Å². The van der Waals surface area contributed by atoms with Crippen molar-refractivity contribution in [2.24, 2.45) is 0 Å². The summed E-state index contributed by atoms with van der Waals surface area (Å²) in [6.07, 6.45) is 1.13. The summed E-state index contributed by atoms with van der Waals surface area (Å²) < 4.78 is 10.6. The highest BCUT2D eigenvalue weighted by Crippen LogP contribution is 2.33. The predicted molar refractivity (Wildman–Crippen MR) is 120 cm³/mol. The molecule has 3 rings (SSSR count). The quantitative estimate of drug-likeness (QED) is 0.501. The summed E-state index contributed by atoms with van der Waals surface area (Å²) in [4.78, 5) is 23.8. The molecule has 0 aromatic heterocycles. The first-order chi connectivity index (χ1) is 14.9. The first-order valence-electron chi connectivity index (χ1n) is 9.25. The molecule has 31 heavy (non-hydrogen) atoms. The number of halogens is 1. The molecule has 0 bridgehead atoms. The van der Waals surface area contributed by atoms with Gasteiger partial charge in [0.25, 0.3) is 5.91 Å². The minimum Gasteiger partial charge on any atom is -0.493 e. The Morgan fingerprint density at radius 1 is 0.839 bits per heavy atom. The second-order valence-electron chi connectivity index (χ2n) is 6.50. The van der Waals surface area contributed by atoms with Crippen molar-refractivity contribution < 1.29 is 24.2 Å². The Morgan fingerprint density at radius 3 is 2.00 bits per heavy atom. The summed E-state index contributed by atoms with van der Waals surface area (Å²) in [6.45, 7) is 0. The number of anilines is 1. The summed E-state index contributed by atoms with van der Waals surface area (Å²) in [5.41, 5.74) is 2.86. The molecule has 0 aliphatic rings. The first-order valence-corrected chi connectivity index (χ1v) is 9.63. The Labute approximate surface area is 184 Å². The van der Waals surface area contributed by atoms with Crippen LogP contribution in [0.15, 0.2) is 72.8 Å². The van der Waals surface area contributed by atoms with Gasteiger partial charge in [-0.15, -0.1) is 0 Å². The highest BCUT2D eigenvalue weighted by atomic mass is 35.5. The van der Waals surface area contributed by atoms with Crippen LogP contribution in [-0.4, -0.2) is 31.2 Å². The molecule has 3 aromatic carbocycles. The number of methoxy groups -OCH3 is 2. The van der Waals surface area contributed by atoms with Crippen LogP contribution in [0.25, 0.3) is 5.57 Å². The third-order valence-corrected chi connectivity index (χ3v) is 4.77. The molecule has 0 aliphatic heterocycles. The maximum Gasteiger partial charge on any atom is 0.328 e. The van der Waals surface area contributed by atoms with Gasteiger partial charge in [0.2, 0.25) is 0 Å². The minimum absolute atomic E-state index is 0.273. The fraction of sp³-hybridized carbons (Fsp3) is 0.0833. The molecular formula is C24H20ClNO5. The van der Waals surface area contributed by atoms with Gasteiger partial charge in [0.15, 0.2) is 11.5 Å². The maximum absolute atomic E-state index is 12.4. The second kappa shape index (κ2) is 9.82. The van der Waals surface area contributed by atoms with Crippen LogP contribution < -0.4 is 14.8 Å². The van der Waals surface area contributed by atoms with Crippen LogP contribution in [0.5, 0.6) is 11.5 Å². The van der Waals surface area contributed by atoms with E-state index in [-0.39, 0.29) is 5.91 Å². The van der Waals surface area contributed by atoms with Crippen molar-refractivity contribution in [2.45, 2.75) is 0 Å². The monoisotopic (exact) mass is 437 g/mol. The number of hydrogen-bond donors (Lipinski definition) is 2. The second-order valence-corrected chi connectivity index (χ2v) is 6.94. The Hall–Kier alpha value is -3.77. The lowest BCUT2D eigenvalue weighted by Crippen LogP contribution is -2.11. The van der Waals surface area contributed by atoms with Crippen LogP contribution in [0.4, 0.5) is 5.69 Å². The molecule has 7 heteroatoms. The van der Waals surface area contributed by atoms with Gasteiger partial charge in [-0.25, -0.2) is 4.79 Å². The Morgan fingerprint density at radius 2 is 1.42 bits per heavy atom. The van der Waals surface area contributed by atoms with Gasteiger partial charge >= 0.3 is 5.97 Å². The van der Waals surface area contributed by atoms with Crippen molar-refractivity contribution in [1.82, 2.24) is 0 Å². The number of hydrogen-bond acceptors (Lipinski definition) is 4. The zero-order chi connectivity index (χ0) is 22.4. The number of ether oxygens (including phenoxy) is 2. The van der Waals surface area contributed by atoms with Gasteiger partial charge in [-0.1, -0.05) is 29.8 Å². The molecule has 158 valence electrons. The molecule has 0 radical (unpaired) electrons. The molecule has 0 unspecified atom stereocenters. The van der Waals surface area contributed by atoms with E-state index < -0.39 is 5.97 Å². The number of carboxylic acid groups (broad SMARTS) is 1. The number of carboxylic acids is 1. The van der Waals surface area contributed by atoms with Crippen LogP contribution >= 0.6 is 11.6 Å². The van der Waals surface area contributed by atoms with E-state index >= 15 is 0 Å². The highest BCUT2D eigenvalue weighted by molar-refractivity contribution is 6.30. The zero-order valence-electron chi connectivity index (χ0n) is 16.9. The minimum atomic E-state index is -1.08. The third-order valence-electron chi connectivity index (χ3n) is 4.52. The third kappa shape index (κ3) is 5.43.